The SMILES string of the molecule is CCC(C)Nc1ccnc(Nc2ccc(C(C)=O)cc2)n1. The smallest absolute Gasteiger partial charge is 0.229 e. The van der Waals surface area contributed by atoms with Crippen LogP contribution in [0.15, 0.2) is 36.5 Å². The van der Waals surface area contributed by atoms with E-state index in [1.165, 1.54) is 0 Å². The fraction of sp³-hybridized carbons (Fsp3) is 0.312. The molecule has 1 atom stereocenters. The van der Waals surface area contributed by atoms with Gasteiger partial charge in [0.2, 0.25) is 5.95 Å². The Kier molecular flexibility index (Phi) is 4.87. The molecule has 5 heteroatoms. The summed E-state index contributed by atoms with van der Waals surface area (Å²) < 4.78 is 0. The van der Waals surface area contributed by atoms with Gasteiger partial charge in [-0.25, -0.2) is 4.98 Å². The molecule has 1 heterocycles. The zero-order chi connectivity index (χ0) is 15.2. The van der Waals surface area contributed by atoms with Crippen LogP contribution in [-0.4, -0.2) is 21.8 Å². The summed E-state index contributed by atoms with van der Waals surface area (Å²) in [5.41, 5.74) is 1.54. The summed E-state index contributed by atoms with van der Waals surface area (Å²) in [4.78, 5) is 19.8. The molecule has 0 amide bonds. The molecule has 0 aliphatic carbocycles. The molecule has 0 saturated carbocycles. The van der Waals surface area contributed by atoms with E-state index in [4.69, 9.17) is 0 Å². The average Bonchev–Trinajstić information content (AvgIpc) is 2.48. The van der Waals surface area contributed by atoms with Gasteiger partial charge < -0.3 is 10.6 Å². The van der Waals surface area contributed by atoms with Crippen LogP contribution in [0.25, 0.3) is 0 Å². The van der Waals surface area contributed by atoms with Gasteiger partial charge in [0, 0.05) is 23.5 Å². The summed E-state index contributed by atoms with van der Waals surface area (Å²) in [7, 11) is 0. The van der Waals surface area contributed by atoms with Crippen molar-refractivity contribution in [3.05, 3.63) is 42.1 Å². The van der Waals surface area contributed by atoms with Gasteiger partial charge in [0.05, 0.1) is 0 Å². The summed E-state index contributed by atoms with van der Waals surface area (Å²) >= 11 is 0. The van der Waals surface area contributed by atoms with Crippen LogP contribution < -0.4 is 10.6 Å². The van der Waals surface area contributed by atoms with E-state index in [1.807, 2.05) is 18.2 Å². The minimum Gasteiger partial charge on any atom is -0.367 e. The normalized spacial score (nSPS) is 11.8. The molecule has 0 aliphatic rings. The molecule has 1 aromatic heterocycles. The molecule has 110 valence electrons. The lowest BCUT2D eigenvalue weighted by Gasteiger charge is -2.12. The summed E-state index contributed by atoms with van der Waals surface area (Å²) in [6.45, 7) is 5.78. The number of rotatable bonds is 6. The highest BCUT2D eigenvalue weighted by Gasteiger charge is 2.04. The zero-order valence-corrected chi connectivity index (χ0v) is 12.6. The maximum atomic E-state index is 11.2. The first kappa shape index (κ1) is 15.0. The minimum absolute atomic E-state index is 0.0533. The number of carbonyl (C=O) groups is 1. The van der Waals surface area contributed by atoms with Crippen molar-refractivity contribution in [2.75, 3.05) is 10.6 Å². The first-order valence-corrected chi connectivity index (χ1v) is 7.06. The van der Waals surface area contributed by atoms with Gasteiger partial charge in [0.15, 0.2) is 5.78 Å². The molecular formula is C16H20N4O. The standard InChI is InChI=1S/C16H20N4O/c1-4-11(2)18-15-9-10-17-16(20-15)19-14-7-5-13(6-8-14)12(3)21/h5-11H,4H2,1-3H3,(H2,17,18,19,20). The average molecular weight is 284 g/mol. The van der Waals surface area contributed by atoms with Gasteiger partial charge in [-0.05, 0) is 50.6 Å². The number of hydrogen-bond acceptors (Lipinski definition) is 5. The van der Waals surface area contributed by atoms with Gasteiger partial charge in [-0.3, -0.25) is 4.79 Å². The lowest BCUT2D eigenvalue weighted by molar-refractivity contribution is 0.101. The number of anilines is 3. The van der Waals surface area contributed by atoms with E-state index in [9.17, 15) is 4.79 Å². The molecule has 2 N–H and O–H groups in total. The summed E-state index contributed by atoms with van der Waals surface area (Å²) in [5.74, 6) is 1.37. The van der Waals surface area contributed by atoms with Crippen LogP contribution >= 0.6 is 0 Å². The Hall–Kier alpha value is -2.43. The molecule has 1 unspecified atom stereocenters. The predicted molar refractivity (Wildman–Crippen MR) is 85.1 cm³/mol. The van der Waals surface area contributed by atoms with E-state index < -0.39 is 0 Å². The van der Waals surface area contributed by atoms with Crippen molar-refractivity contribution in [3.8, 4) is 0 Å². The lowest BCUT2D eigenvalue weighted by atomic mass is 10.1. The van der Waals surface area contributed by atoms with E-state index >= 15 is 0 Å². The van der Waals surface area contributed by atoms with Crippen LogP contribution in [0.5, 0.6) is 0 Å². The molecule has 0 fully saturated rings. The van der Waals surface area contributed by atoms with Crippen molar-refractivity contribution in [1.82, 2.24) is 9.97 Å². The van der Waals surface area contributed by atoms with Gasteiger partial charge in [0.25, 0.3) is 0 Å². The van der Waals surface area contributed by atoms with Crippen molar-refractivity contribution in [2.45, 2.75) is 33.2 Å². The second-order valence-electron chi connectivity index (χ2n) is 4.98. The summed E-state index contributed by atoms with van der Waals surface area (Å²) in [6.07, 6.45) is 2.74. The Morgan fingerprint density at radius 1 is 1.24 bits per heavy atom. The van der Waals surface area contributed by atoms with Crippen LogP contribution in [0.1, 0.15) is 37.6 Å². The van der Waals surface area contributed by atoms with E-state index in [2.05, 4.69) is 34.4 Å². The van der Waals surface area contributed by atoms with Crippen LogP contribution in [0.4, 0.5) is 17.5 Å². The maximum absolute atomic E-state index is 11.2. The Morgan fingerprint density at radius 3 is 2.57 bits per heavy atom. The quantitative estimate of drug-likeness (QED) is 0.793. The fourth-order valence-corrected chi connectivity index (χ4v) is 1.77. The van der Waals surface area contributed by atoms with Crippen molar-refractivity contribution in [2.24, 2.45) is 0 Å². The Bertz CT molecular complexity index is 610. The van der Waals surface area contributed by atoms with Crippen molar-refractivity contribution in [1.29, 1.82) is 0 Å². The van der Waals surface area contributed by atoms with Crippen molar-refractivity contribution >= 4 is 23.2 Å². The highest BCUT2D eigenvalue weighted by molar-refractivity contribution is 5.94. The number of Topliss-reactive ketones (excluding diaryl/α,β-unsaturated/α-hetero) is 1. The lowest BCUT2D eigenvalue weighted by Crippen LogP contribution is -2.14. The van der Waals surface area contributed by atoms with Crippen molar-refractivity contribution in [3.63, 3.8) is 0 Å². The minimum atomic E-state index is 0.0533. The Morgan fingerprint density at radius 2 is 1.95 bits per heavy atom. The molecule has 0 bridgehead atoms. The zero-order valence-electron chi connectivity index (χ0n) is 12.6. The molecule has 1 aromatic carbocycles. The van der Waals surface area contributed by atoms with E-state index in [-0.39, 0.29) is 5.78 Å². The number of ketones is 1. The van der Waals surface area contributed by atoms with Gasteiger partial charge in [0.1, 0.15) is 5.82 Å². The first-order valence-electron chi connectivity index (χ1n) is 7.06. The van der Waals surface area contributed by atoms with Crippen LogP contribution in [0, 0.1) is 0 Å². The molecule has 2 rings (SSSR count). The van der Waals surface area contributed by atoms with Gasteiger partial charge in [-0.1, -0.05) is 6.92 Å². The molecule has 21 heavy (non-hydrogen) atoms. The first-order chi connectivity index (χ1) is 10.1. The van der Waals surface area contributed by atoms with Gasteiger partial charge in [-0.15, -0.1) is 0 Å². The Balaban J connectivity index is 2.08. The highest BCUT2D eigenvalue weighted by Crippen LogP contribution is 2.16. The number of nitrogens with one attached hydrogen (secondary N) is 2. The highest BCUT2D eigenvalue weighted by atomic mass is 16.1. The number of benzene rings is 1. The molecule has 5 nitrogen and oxygen atoms in total. The molecule has 0 aliphatic heterocycles. The molecule has 0 spiro atoms. The molecule has 0 saturated heterocycles. The molecule has 2 aromatic rings. The molecular weight excluding hydrogens is 264 g/mol. The topological polar surface area (TPSA) is 66.9 Å². The largest absolute Gasteiger partial charge is 0.367 e. The second-order valence-corrected chi connectivity index (χ2v) is 4.98. The monoisotopic (exact) mass is 284 g/mol. The number of aromatic nitrogens is 2. The fourth-order valence-electron chi connectivity index (χ4n) is 1.77. The molecule has 0 radical (unpaired) electrons. The Labute approximate surface area is 124 Å². The maximum Gasteiger partial charge on any atom is 0.229 e. The third-order valence-corrected chi connectivity index (χ3v) is 3.21. The van der Waals surface area contributed by atoms with Gasteiger partial charge >= 0.3 is 0 Å². The third-order valence-electron chi connectivity index (χ3n) is 3.21. The summed E-state index contributed by atoms with van der Waals surface area (Å²) in [6, 6.07) is 9.46. The summed E-state index contributed by atoms with van der Waals surface area (Å²) in [5, 5.41) is 6.43. The van der Waals surface area contributed by atoms with E-state index in [1.54, 1.807) is 25.3 Å². The van der Waals surface area contributed by atoms with Crippen LogP contribution in [0.3, 0.4) is 0 Å². The van der Waals surface area contributed by atoms with Gasteiger partial charge in [-0.2, -0.15) is 4.98 Å². The predicted octanol–water partition coefficient (Wildman–Crippen LogP) is 3.63. The van der Waals surface area contributed by atoms with E-state index in [0.29, 0.717) is 17.6 Å². The second kappa shape index (κ2) is 6.83. The van der Waals surface area contributed by atoms with Crippen LogP contribution in [0.2, 0.25) is 0 Å². The third kappa shape index (κ3) is 4.27. The number of hydrogen-bond donors (Lipinski definition) is 2. The van der Waals surface area contributed by atoms with E-state index in [0.717, 1.165) is 17.9 Å². The van der Waals surface area contributed by atoms with Crippen LogP contribution in [-0.2, 0) is 0 Å². The number of nitrogens with zero attached hydrogens (tertiary/aromatic N) is 2. The number of carbonyl (C=O) groups excluding carboxylic acids is 1. The van der Waals surface area contributed by atoms with Crippen molar-refractivity contribution < 1.29 is 4.79 Å².